The third kappa shape index (κ3) is 4.04. The van der Waals surface area contributed by atoms with Crippen molar-refractivity contribution in [3.8, 4) is 0 Å². The van der Waals surface area contributed by atoms with E-state index in [1.165, 1.54) is 0 Å². The number of nitrogens with one attached hydrogen (secondary N) is 2. The van der Waals surface area contributed by atoms with Gasteiger partial charge in [-0.15, -0.1) is 0 Å². The van der Waals surface area contributed by atoms with Crippen molar-refractivity contribution < 1.29 is 0 Å². The molecule has 0 aromatic heterocycles. The van der Waals surface area contributed by atoms with E-state index in [9.17, 15) is 0 Å². The van der Waals surface area contributed by atoms with E-state index in [2.05, 4.69) is 26.7 Å². The highest BCUT2D eigenvalue weighted by Gasteiger charge is 1.97. The summed E-state index contributed by atoms with van der Waals surface area (Å²) >= 11 is 8.47. The van der Waals surface area contributed by atoms with Gasteiger partial charge in [0.2, 0.25) is 0 Å². The first-order valence-electron chi connectivity index (χ1n) is 4.08. The molecular formula is C9H12BrN3S. The van der Waals surface area contributed by atoms with Gasteiger partial charge >= 0.3 is 0 Å². The van der Waals surface area contributed by atoms with Gasteiger partial charge in [-0.25, -0.2) is 5.01 Å². The zero-order valence-corrected chi connectivity index (χ0v) is 10.4. The average molecular weight is 274 g/mol. The number of rotatable bonds is 2. The molecule has 0 heterocycles. The quantitative estimate of drug-likeness (QED) is 0.638. The molecule has 2 N–H and O–H groups in total. The minimum absolute atomic E-state index is 0.577. The summed E-state index contributed by atoms with van der Waals surface area (Å²) < 4.78 is 1.02. The van der Waals surface area contributed by atoms with Crippen LogP contribution in [0.3, 0.4) is 0 Å². The van der Waals surface area contributed by atoms with E-state index in [0.29, 0.717) is 5.11 Å². The van der Waals surface area contributed by atoms with Crippen molar-refractivity contribution in [2.45, 2.75) is 0 Å². The van der Waals surface area contributed by atoms with Crippen molar-refractivity contribution in [3.05, 3.63) is 28.7 Å². The maximum Gasteiger partial charge on any atom is 0.185 e. The summed E-state index contributed by atoms with van der Waals surface area (Å²) in [4.78, 5) is 0. The first-order valence-corrected chi connectivity index (χ1v) is 5.28. The standard InChI is InChI=1S/C9H12BrN3S/c1-13(2)12-9(14)11-8-5-3-4-7(10)6-8/h3-6H,1-2H3,(H2,11,12,14). The van der Waals surface area contributed by atoms with Crippen molar-refractivity contribution in [2.75, 3.05) is 19.4 Å². The molecule has 0 unspecified atom stereocenters. The number of anilines is 1. The van der Waals surface area contributed by atoms with E-state index in [1.807, 2.05) is 38.4 Å². The lowest BCUT2D eigenvalue weighted by atomic mass is 10.3. The topological polar surface area (TPSA) is 27.3 Å². The highest BCUT2D eigenvalue weighted by Crippen LogP contribution is 2.15. The second-order valence-corrected chi connectivity index (χ2v) is 4.29. The Hall–Kier alpha value is -0.650. The number of benzene rings is 1. The molecule has 0 aliphatic carbocycles. The lowest BCUT2D eigenvalue weighted by Gasteiger charge is -2.15. The molecule has 5 heteroatoms. The third-order valence-corrected chi connectivity index (χ3v) is 2.09. The summed E-state index contributed by atoms with van der Waals surface area (Å²) in [5.41, 5.74) is 3.91. The second kappa shape index (κ2) is 5.29. The molecule has 1 aromatic carbocycles. The van der Waals surface area contributed by atoms with Gasteiger partial charge in [-0.1, -0.05) is 22.0 Å². The molecule has 0 amide bonds. The predicted octanol–water partition coefficient (Wildman–Crippen LogP) is 2.21. The van der Waals surface area contributed by atoms with E-state index in [4.69, 9.17) is 12.2 Å². The Morgan fingerprint density at radius 3 is 2.71 bits per heavy atom. The Labute approximate surface area is 97.6 Å². The highest BCUT2D eigenvalue weighted by atomic mass is 79.9. The maximum atomic E-state index is 5.08. The van der Waals surface area contributed by atoms with Crippen LogP contribution in [0.5, 0.6) is 0 Å². The van der Waals surface area contributed by atoms with Crippen LogP contribution in [-0.2, 0) is 0 Å². The Bertz CT molecular complexity index is 328. The van der Waals surface area contributed by atoms with E-state index < -0.39 is 0 Å². The summed E-state index contributed by atoms with van der Waals surface area (Å²) in [6.45, 7) is 0. The predicted molar refractivity (Wildman–Crippen MR) is 67.2 cm³/mol. The fourth-order valence-electron chi connectivity index (χ4n) is 0.928. The molecule has 1 aromatic rings. The van der Waals surface area contributed by atoms with Gasteiger partial charge in [0.05, 0.1) is 0 Å². The molecule has 0 fully saturated rings. The summed E-state index contributed by atoms with van der Waals surface area (Å²) in [7, 11) is 3.77. The number of nitrogens with zero attached hydrogens (tertiary/aromatic N) is 1. The normalized spacial score (nSPS) is 10.0. The number of halogens is 1. The first-order chi connectivity index (χ1) is 6.58. The smallest absolute Gasteiger partial charge is 0.185 e. The second-order valence-electron chi connectivity index (χ2n) is 2.97. The van der Waals surface area contributed by atoms with Crippen LogP contribution in [0.2, 0.25) is 0 Å². The maximum absolute atomic E-state index is 5.08. The summed E-state index contributed by atoms with van der Waals surface area (Å²) in [5.74, 6) is 0. The number of thiocarbonyl (C=S) groups is 1. The Morgan fingerprint density at radius 1 is 1.43 bits per heavy atom. The van der Waals surface area contributed by atoms with Gasteiger partial charge < -0.3 is 5.32 Å². The molecule has 0 bridgehead atoms. The molecule has 1 rings (SSSR count). The average Bonchev–Trinajstić information content (AvgIpc) is 2.01. The van der Waals surface area contributed by atoms with Gasteiger partial charge in [-0.2, -0.15) is 0 Å². The van der Waals surface area contributed by atoms with Crippen LogP contribution >= 0.6 is 28.1 Å². The van der Waals surface area contributed by atoms with Crippen LogP contribution in [0, 0.1) is 0 Å². The fourth-order valence-corrected chi connectivity index (χ4v) is 1.63. The minimum Gasteiger partial charge on any atom is -0.332 e. The van der Waals surface area contributed by atoms with E-state index in [-0.39, 0.29) is 0 Å². The Kier molecular flexibility index (Phi) is 4.31. The third-order valence-electron chi connectivity index (χ3n) is 1.41. The van der Waals surface area contributed by atoms with Crippen molar-refractivity contribution in [2.24, 2.45) is 0 Å². The van der Waals surface area contributed by atoms with Gasteiger partial charge in [0.25, 0.3) is 0 Å². The van der Waals surface area contributed by atoms with Crippen molar-refractivity contribution in [1.29, 1.82) is 0 Å². The van der Waals surface area contributed by atoms with Crippen molar-refractivity contribution in [3.63, 3.8) is 0 Å². The molecule has 0 saturated carbocycles. The fraction of sp³-hybridized carbons (Fsp3) is 0.222. The van der Waals surface area contributed by atoms with E-state index in [1.54, 1.807) is 5.01 Å². The summed E-state index contributed by atoms with van der Waals surface area (Å²) in [6, 6.07) is 7.83. The molecule has 14 heavy (non-hydrogen) atoms. The molecule has 0 radical (unpaired) electrons. The summed E-state index contributed by atoms with van der Waals surface area (Å²) in [6.07, 6.45) is 0. The Morgan fingerprint density at radius 2 is 2.14 bits per heavy atom. The van der Waals surface area contributed by atoms with Crippen LogP contribution < -0.4 is 10.7 Å². The lowest BCUT2D eigenvalue weighted by molar-refractivity contribution is 0.365. The molecular weight excluding hydrogens is 262 g/mol. The monoisotopic (exact) mass is 273 g/mol. The minimum atomic E-state index is 0.577. The zero-order chi connectivity index (χ0) is 10.6. The Balaban J connectivity index is 2.56. The van der Waals surface area contributed by atoms with Crippen molar-refractivity contribution in [1.82, 2.24) is 10.4 Å². The van der Waals surface area contributed by atoms with Crippen LogP contribution in [0.4, 0.5) is 5.69 Å². The van der Waals surface area contributed by atoms with Crippen LogP contribution in [0.15, 0.2) is 28.7 Å². The first kappa shape index (κ1) is 11.4. The van der Waals surface area contributed by atoms with Gasteiger partial charge in [-0.3, -0.25) is 5.43 Å². The molecule has 0 saturated heterocycles. The molecule has 0 aliphatic rings. The molecule has 0 aliphatic heterocycles. The molecule has 0 spiro atoms. The number of hydrogen-bond acceptors (Lipinski definition) is 2. The van der Waals surface area contributed by atoms with Gasteiger partial charge in [0, 0.05) is 24.3 Å². The lowest BCUT2D eigenvalue weighted by Crippen LogP contribution is -2.38. The number of hydrogen-bond donors (Lipinski definition) is 2. The highest BCUT2D eigenvalue weighted by molar-refractivity contribution is 9.10. The van der Waals surface area contributed by atoms with Crippen LogP contribution in [0.1, 0.15) is 0 Å². The number of hydrazine groups is 1. The van der Waals surface area contributed by atoms with Gasteiger partial charge in [0.15, 0.2) is 5.11 Å². The van der Waals surface area contributed by atoms with Gasteiger partial charge in [0.1, 0.15) is 0 Å². The summed E-state index contributed by atoms with van der Waals surface area (Å²) in [5, 5.41) is 5.42. The zero-order valence-electron chi connectivity index (χ0n) is 8.04. The molecule has 3 nitrogen and oxygen atoms in total. The van der Waals surface area contributed by atoms with Crippen LogP contribution in [0.25, 0.3) is 0 Å². The van der Waals surface area contributed by atoms with Crippen LogP contribution in [-0.4, -0.2) is 24.2 Å². The van der Waals surface area contributed by atoms with E-state index in [0.717, 1.165) is 10.2 Å². The van der Waals surface area contributed by atoms with Crippen molar-refractivity contribution >= 4 is 38.9 Å². The van der Waals surface area contributed by atoms with Gasteiger partial charge in [-0.05, 0) is 30.4 Å². The SMILES string of the molecule is CN(C)NC(=S)Nc1cccc(Br)c1. The molecule has 0 atom stereocenters. The molecule has 76 valence electrons. The largest absolute Gasteiger partial charge is 0.332 e. The van der Waals surface area contributed by atoms with E-state index >= 15 is 0 Å².